The largest absolute Gasteiger partial charge is 0.381 e. The van der Waals surface area contributed by atoms with E-state index >= 15 is 0 Å². The molecule has 0 saturated carbocycles. The Bertz CT molecular complexity index is 393. The van der Waals surface area contributed by atoms with Crippen LogP contribution in [0, 0.1) is 5.92 Å². The first-order chi connectivity index (χ1) is 10.6. The zero-order chi connectivity index (χ0) is 15.6. The second-order valence-corrected chi connectivity index (χ2v) is 8.63. The van der Waals surface area contributed by atoms with Crippen LogP contribution in [0.4, 0.5) is 0 Å². The second-order valence-electron chi connectivity index (χ2n) is 7.14. The van der Waals surface area contributed by atoms with E-state index in [-0.39, 0.29) is 18.6 Å². The van der Waals surface area contributed by atoms with Gasteiger partial charge < -0.3 is 19.3 Å². The van der Waals surface area contributed by atoms with Crippen LogP contribution in [0.1, 0.15) is 19.3 Å². The molecule has 0 bridgehead atoms. The van der Waals surface area contributed by atoms with Crippen molar-refractivity contribution in [3.05, 3.63) is 0 Å². The van der Waals surface area contributed by atoms with Crippen molar-refractivity contribution in [2.75, 3.05) is 59.3 Å². The lowest BCUT2D eigenvalue weighted by Crippen LogP contribution is -2.60. The molecule has 0 aromatic rings. The van der Waals surface area contributed by atoms with Crippen molar-refractivity contribution in [3.8, 4) is 0 Å². The van der Waals surface area contributed by atoms with Crippen molar-refractivity contribution in [1.29, 1.82) is 0 Å². The number of hydrogen-bond acceptors (Lipinski definition) is 5. The smallest absolute Gasteiger partial charge is 0.248 e. The monoisotopic (exact) mass is 328 g/mol. The third-order valence-electron chi connectivity index (χ3n) is 5.00. The number of likely N-dealkylation sites (tertiary alicyclic amines) is 1. The van der Waals surface area contributed by atoms with Gasteiger partial charge in [-0.15, -0.1) is 11.8 Å². The van der Waals surface area contributed by atoms with Crippen LogP contribution in [0.3, 0.4) is 0 Å². The molecule has 1 spiro atoms. The molecule has 3 aliphatic heterocycles. The van der Waals surface area contributed by atoms with Crippen LogP contribution in [0.15, 0.2) is 0 Å². The van der Waals surface area contributed by atoms with E-state index in [1.54, 1.807) is 19.0 Å². The third kappa shape index (κ3) is 3.96. The summed E-state index contributed by atoms with van der Waals surface area (Å²) in [6.07, 6.45) is 3.78. The first-order valence-electron chi connectivity index (χ1n) is 8.32. The fourth-order valence-corrected chi connectivity index (χ4v) is 5.25. The van der Waals surface area contributed by atoms with Gasteiger partial charge in [0.05, 0.1) is 6.10 Å². The van der Waals surface area contributed by atoms with E-state index in [1.165, 1.54) is 32.5 Å². The zero-order valence-electron chi connectivity index (χ0n) is 13.8. The van der Waals surface area contributed by atoms with E-state index in [2.05, 4.69) is 4.90 Å². The normalized spacial score (nSPS) is 28.7. The molecule has 0 aliphatic carbocycles. The maximum Gasteiger partial charge on any atom is 0.248 e. The molecule has 22 heavy (non-hydrogen) atoms. The topological polar surface area (TPSA) is 42.0 Å². The summed E-state index contributed by atoms with van der Waals surface area (Å²) in [5, 5.41) is 0. The number of carbonyl (C=O) groups excluding carboxylic acids is 1. The van der Waals surface area contributed by atoms with Gasteiger partial charge in [0.25, 0.3) is 0 Å². The molecule has 3 aliphatic rings. The lowest BCUT2D eigenvalue weighted by molar-refractivity contribution is -0.135. The molecular formula is C16H28N2O3S. The first kappa shape index (κ1) is 16.6. The van der Waals surface area contributed by atoms with Crippen LogP contribution in [0.2, 0.25) is 0 Å². The summed E-state index contributed by atoms with van der Waals surface area (Å²) in [6.45, 7) is 5.71. The summed E-state index contributed by atoms with van der Waals surface area (Å²) in [5.41, 5.74) is 0. The minimum absolute atomic E-state index is 0.0562. The Kier molecular flexibility index (Phi) is 5.32. The van der Waals surface area contributed by atoms with Gasteiger partial charge in [0, 0.05) is 57.4 Å². The summed E-state index contributed by atoms with van der Waals surface area (Å²) >= 11 is 2.05. The molecule has 126 valence electrons. The Labute approximate surface area is 137 Å². The first-order valence-corrected chi connectivity index (χ1v) is 9.31. The molecule has 0 unspecified atom stereocenters. The molecule has 1 atom stereocenters. The molecule has 0 radical (unpaired) electrons. The van der Waals surface area contributed by atoms with Gasteiger partial charge in [-0.1, -0.05) is 0 Å². The van der Waals surface area contributed by atoms with Crippen molar-refractivity contribution < 1.29 is 14.3 Å². The SMILES string of the molecule is CN(C)C(=O)CO[C@H]1CSC2(C1)CN(CC1CCOCC1)C2. The van der Waals surface area contributed by atoms with Gasteiger partial charge in [-0.2, -0.15) is 0 Å². The van der Waals surface area contributed by atoms with Crippen molar-refractivity contribution in [2.24, 2.45) is 5.92 Å². The van der Waals surface area contributed by atoms with Crippen molar-refractivity contribution in [1.82, 2.24) is 9.80 Å². The van der Waals surface area contributed by atoms with Gasteiger partial charge in [0.15, 0.2) is 0 Å². The summed E-state index contributed by atoms with van der Waals surface area (Å²) in [5.74, 6) is 1.91. The van der Waals surface area contributed by atoms with Gasteiger partial charge in [0.1, 0.15) is 6.61 Å². The maximum absolute atomic E-state index is 11.6. The van der Waals surface area contributed by atoms with Crippen LogP contribution >= 0.6 is 11.8 Å². The number of hydrogen-bond donors (Lipinski definition) is 0. The van der Waals surface area contributed by atoms with E-state index in [0.717, 1.165) is 31.3 Å². The van der Waals surface area contributed by atoms with E-state index in [4.69, 9.17) is 9.47 Å². The molecule has 5 nitrogen and oxygen atoms in total. The van der Waals surface area contributed by atoms with Crippen LogP contribution < -0.4 is 0 Å². The number of thioether (sulfide) groups is 1. The molecular weight excluding hydrogens is 300 g/mol. The second kappa shape index (κ2) is 7.07. The lowest BCUT2D eigenvalue weighted by atomic mass is 9.90. The summed E-state index contributed by atoms with van der Waals surface area (Å²) < 4.78 is 11.6. The highest BCUT2D eigenvalue weighted by atomic mass is 32.2. The molecule has 6 heteroatoms. The van der Waals surface area contributed by atoms with Gasteiger partial charge >= 0.3 is 0 Å². The highest BCUT2D eigenvalue weighted by Crippen LogP contribution is 2.46. The standard InChI is InChI=1S/C16H28N2O3S/c1-17(2)15(19)9-21-14-7-16(22-10-14)11-18(12-16)8-13-3-5-20-6-4-13/h13-14H,3-12H2,1-2H3/t14-/m1/s1. The minimum Gasteiger partial charge on any atom is -0.381 e. The van der Waals surface area contributed by atoms with E-state index < -0.39 is 0 Å². The van der Waals surface area contributed by atoms with Gasteiger partial charge in [-0.25, -0.2) is 0 Å². The van der Waals surface area contributed by atoms with Crippen molar-refractivity contribution in [3.63, 3.8) is 0 Å². The third-order valence-corrected chi connectivity index (χ3v) is 6.57. The molecule has 3 heterocycles. The fourth-order valence-electron chi connectivity index (χ4n) is 3.64. The Morgan fingerprint density at radius 1 is 1.36 bits per heavy atom. The van der Waals surface area contributed by atoms with Crippen LogP contribution in [0.5, 0.6) is 0 Å². The lowest BCUT2D eigenvalue weighted by Gasteiger charge is -2.49. The molecule has 0 aromatic heterocycles. The number of nitrogens with zero attached hydrogens (tertiary/aromatic N) is 2. The summed E-state index contributed by atoms with van der Waals surface area (Å²) in [6, 6.07) is 0. The number of likely N-dealkylation sites (N-methyl/N-ethyl adjacent to an activating group) is 1. The van der Waals surface area contributed by atoms with Crippen molar-refractivity contribution >= 4 is 17.7 Å². The molecule has 1 amide bonds. The van der Waals surface area contributed by atoms with Gasteiger partial charge in [-0.3, -0.25) is 4.79 Å². The van der Waals surface area contributed by atoms with Crippen molar-refractivity contribution in [2.45, 2.75) is 30.1 Å². The Morgan fingerprint density at radius 2 is 2.09 bits per heavy atom. The number of amides is 1. The Balaban J connectivity index is 1.36. The van der Waals surface area contributed by atoms with E-state index in [9.17, 15) is 4.79 Å². The van der Waals surface area contributed by atoms with Crippen LogP contribution in [-0.2, 0) is 14.3 Å². The van der Waals surface area contributed by atoms with Gasteiger partial charge in [-0.05, 0) is 25.2 Å². The fraction of sp³-hybridized carbons (Fsp3) is 0.938. The maximum atomic E-state index is 11.6. The average molecular weight is 328 g/mol. The molecule has 3 rings (SSSR count). The van der Waals surface area contributed by atoms with Gasteiger partial charge in [0.2, 0.25) is 5.91 Å². The van der Waals surface area contributed by atoms with Crippen LogP contribution in [-0.4, -0.2) is 85.9 Å². The summed E-state index contributed by atoms with van der Waals surface area (Å²) in [7, 11) is 3.55. The molecule has 0 N–H and O–H groups in total. The number of ether oxygens (including phenoxy) is 2. The average Bonchev–Trinajstić information content (AvgIpc) is 2.90. The highest BCUT2D eigenvalue weighted by Gasteiger charge is 2.49. The van der Waals surface area contributed by atoms with E-state index in [0.29, 0.717) is 4.75 Å². The summed E-state index contributed by atoms with van der Waals surface area (Å²) in [4.78, 5) is 15.8. The molecule has 0 aromatic carbocycles. The number of rotatable bonds is 5. The molecule has 3 saturated heterocycles. The Morgan fingerprint density at radius 3 is 2.77 bits per heavy atom. The van der Waals surface area contributed by atoms with Crippen LogP contribution in [0.25, 0.3) is 0 Å². The predicted molar refractivity (Wildman–Crippen MR) is 88.2 cm³/mol. The minimum atomic E-state index is 0.0562. The van der Waals surface area contributed by atoms with E-state index in [1.807, 2.05) is 11.8 Å². The number of carbonyl (C=O) groups is 1. The predicted octanol–water partition coefficient (Wildman–Crippen LogP) is 1.08. The Hall–Kier alpha value is -0.300. The quantitative estimate of drug-likeness (QED) is 0.755. The zero-order valence-corrected chi connectivity index (χ0v) is 14.6. The molecule has 3 fully saturated rings. The highest BCUT2D eigenvalue weighted by molar-refractivity contribution is 8.01.